The Kier molecular flexibility index (Phi) is 5.52. The normalized spacial score (nSPS) is 15.2. The minimum atomic E-state index is -4.69. The van der Waals surface area contributed by atoms with Gasteiger partial charge in [0.05, 0.1) is 5.41 Å². The summed E-state index contributed by atoms with van der Waals surface area (Å²) in [5.41, 5.74) is 0.653. The minimum absolute atomic E-state index is 0.0519. The molecule has 142 valence electrons. The van der Waals surface area contributed by atoms with Crippen LogP contribution in [-0.4, -0.2) is 12.4 Å². The molecule has 0 aliphatic rings. The predicted molar refractivity (Wildman–Crippen MR) is 107 cm³/mol. The molecule has 0 spiro atoms. The summed E-state index contributed by atoms with van der Waals surface area (Å²) in [5.74, 6) is 0. The molecule has 0 aliphatic carbocycles. The third-order valence-electron chi connectivity index (χ3n) is 4.28. The van der Waals surface area contributed by atoms with Gasteiger partial charge in [-0.1, -0.05) is 80.6 Å². The van der Waals surface area contributed by atoms with Crippen LogP contribution in [0.5, 0.6) is 0 Å². The molecule has 0 unspecified atom stereocenters. The van der Waals surface area contributed by atoms with E-state index in [1.165, 1.54) is 12.1 Å². The highest BCUT2D eigenvalue weighted by molar-refractivity contribution is 6.09. The summed E-state index contributed by atoms with van der Waals surface area (Å²) < 4.78 is 56.0. The number of alkyl halides is 3. The lowest BCUT2D eigenvalue weighted by Crippen LogP contribution is -2.34. The van der Waals surface area contributed by atoms with Crippen LogP contribution in [0.4, 0.5) is 13.2 Å². The number of hydrogen-bond acceptors (Lipinski definition) is 1. The SMILES string of the molecule is [2H]C([2H])(c1ccc(/C(C=N)=C/C=C(\C)c2ccccc2)cc1)C(C)(C)C(F)(F)F. The average Bonchev–Trinajstić information content (AvgIpc) is 2.68. The maximum atomic E-state index is 13.3. The van der Waals surface area contributed by atoms with Gasteiger partial charge >= 0.3 is 6.18 Å². The molecule has 0 fully saturated rings. The van der Waals surface area contributed by atoms with Gasteiger partial charge in [0.15, 0.2) is 0 Å². The van der Waals surface area contributed by atoms with Gasteiger partial charge in [-0.3, -0.25) is 0 Å². The average molecular weight is 373 g/mol. The lowest BCUT2D eigenvalue weighted by atomic mass is 9.84. The molecule has 0 radical (unpaired) electrons. The fraction of sp³-hybridized carbons (Fsp3) is 0.261. The van der Waals surface area contributed by atoms with E-state index >= 15 is 0 Å². The third-order valence-corrected chi connectivity index (χ3v) is 4.28. The second kappa shape index (κ2) is 8.38. The van der Waals surface area contributed by atoms with Crippen molar-refractivity contribution in [3.63, 3.8) is 0 Å². The second-order valence-corrected chi connectivity index (χ2v) is 6.81. The van der Waals surface area contributed by atoms with Gasteiger partial charge in [-0.15, -0.1) is 0 Å². The van der Waals surface area contributed by atoms with Crippen molar-refractivity contribution in [3.8, 4) is 0 Å². The Bertz CT molecular complexity index is 909. The van der Waals surface area contributed by atoms with Crippen LogP contribution in [0.2, 0.25) is 0 Å². The van der Waals surface area contributed by atoms with Gasteiger partial charge < -0.3 is 5.41 Å². The zero-order valence-corrected chi connectivity index (χ0v) is 15.6. The van der Waals surface area contributed by atoms with E-state index in [9.17, 15) is 13.2 Å². The molecule has 27 heavy (non-hydrogen) atoms. The van der Waals surface area contributed by atoms with Crippen molar-refractivity contribution in [1.82, 2.24) is 0 Å². The standard InChI is InChI=1S/C23H24F3N/c1-17(19-7-5-4-6-8-19)9-12-21(16-27)20-13-10-18(11-14-20)15-22(2,3)23(24,25)26/h4-14,16,27H,15H2,1-3H3/b17-9+,21-12+,27-16?/i15D2. The highest BCUT2D eigenvalue weighted by Crippen LogP contribution is 2.40. The largest absolute Gasteiger partial charge is 0.394 e. The molecule has 2 aromatic rings. The number of nitrogens with one attached hydrogen (secondary N) is 1. The summed E-state index contributed by atoms with van der Waals surface area (Å²) in [7, 11) is 0. The Morgan fingerprint density at radius 3 is 2.07 bits per heavy atom. The zero-order chi connectivity index (χ0) is 21.9. The molecule has 0 aliphatic heterocycles. The molecule has 0 atom stereocenters. The first-order chi connectivity index (χ1) is 13.4. The molecule has 0 heterocycles. The highest BCUT2D eigenvalue weighted by Gasteiger charge is 2.46. The van der Waals surface area contributed by atoms with E-state index in [-0.39, 0.29) is 5.56 Å². The molecule has 0 amide bonds. The lowest BCUT2D eigenvalue weighted by molar-refractivity contribution is -0.211. The molecule has 4 heteroatoms. The van der Waals surface area contributed by atoms with Crippen molar-refractivity contribution in [2.24, 2.45) is 5.41 Å². The Hall–Kier alpha value is -2.62. The van der Waals surface area contributed by atoms with E-state index < -0.39 is 18.0 Å². The van der Waals surface area contributed by atoms with Crippen LogP contribution in [0.1, 0.15) is 40.2 Å². The fourth-order valence-corrected chi connectivity index (χ4v) is 2.42. The molecular formula is C23H24F3N. The van der Waals surface area contributed by atoms with Gasteiger partial charge in [-0.05, 0) is 41.1 Å². The number of halogens is 3. The van der Waals surface area contributed by atoms with Crippen LogP contribution < -0.4 is 0 Å². The van der Waals surface area contributed by atoms with E-state index in [0.717, 1.165) is 31.2 Å². The molecule has 0 bridgehead atoms. The van der Waals surface area contributed by atoms with Gasteiger partial charge in [-0.2, -0.15) is 13.2 Å². The van der Waals surface area contributed by atoms with Crippen LogP contribution >= 0.6 is 0 Å². The first-order valence-electron chi connectivity index (χ1n) is 9.54. The van der Waals surface area contributed by atoms with Crippen LogP contribution in [0.15, 0.2) is 66.7 Å². The minimum Gasteiger partial charge on any atom is -0.308 e. The summed E-state index contributed by atoms with van der Waals surface area (Å²) in [6.45, 7) is 3.67. The molecule has 0 saturated carbocycles. The van der Waals surface area contributed by atoms with E-state index in [4.69, 9.17) is 8.15 Å². The Labute approximate surface area is 161 Å². The first kappa shape index (κ1) is 17.8. The molecule has 2 aromatic carbocycles. The molecule has 1 nitrogen and oxygen atoms in total. The summed E-state index contributed by atoms with van der Waals surface area (Å²) in [5, 5.41) is 7.66. The van der Waals surface area contributed by atoms with Crippen molar-refractivity contribution in [3.05, 3.63) is 83.4 Å². The van der Waals surface area contributed by atoms with Gasteiger partial charge in [0.2, 0.25) is 0 Å². The number of rotatable bonds is 6. The number of hydrogen-bond donors (Lipinski definition) is 1. The maximum absolute atomic E-state index is 13.3. The van der Waals surface area contributed by atoms with E-state index in [1.807, 2.05) is 43.3 Å². The lowest BCUT2D eigenvalue weighted by Gasteiger charge is -2.27. The van der Waals surface area contributed by atoms with E-state index in [0.29, 0.717) is 11.1 Å². The van der Waals surface area contributed by atoms with Crippen molar-refractivity contribution in [2.45, 2.75) is 33.3 Å². The smallest absolute Gasteiger partial charge is 0.308 e. The van der Waals surface area contributed by atoms with Crippen molar-refractivity contribution in [2.75, 3.05) is 0 Å². The van der Waals surface area contributed by atoms with Crippen LogP contribution in [0, 0.1) is 10.8 Å². The predicted octanol–water partition coefficient (Wildman–Crippen LogP) is 6.95. The first-order valence-corrected chi connectivity index (χ1v) is 8.54. The fourth-order valence-electron chi connectivity index (χ4n) is 2.42. The second-order valence-electron chi connectivity index (χ2n) is 6.81. The monoisotopic (exact) mass is 373 g/mol. The third kappa shape index (κ3) is 5.43. The van der Waals surface area contributed by atoms with Gasteiger partial charge in [0.25, 0.3) is 0 Å². The van der Waals surface area contributed by atoms with Gasteiger partial charge in [-0.25, -0.2) is 0 Å². The van der Waals surface area contributed by atoms with Crippen molar-refractivity contribution in [1.29, 1.82) is 5.41 Å². The Morgan fingerprint density at radius 1 is 0.963 bits per heavy atom. The van der Waals surface area contributed by atoms with Gasteiger partial charge in [0.1, 0.15) is 0 Å². The summed E-state index contributed by atoms with van der Waals surface area (Å²) in [4.78, 5) is 0. The summed E-state index contributed by atoms with van der Waals surface area (Å²) >= 11 is 0. The Morgan fingerprint density at radius 2 is 1.56 bits per heavy atom. The molecule has 0 saturated heterocycles. The molecule has 0 aromatic heterocycles. The quantitative estimate of drug-likeness (QED) is 0.418. The summed E-state index contributed by atoms with van der Waals surface area (Å²) in [6, 6.07) is 15.5. The topological polar surface area (TPSA) is 23.9 Å². The Balaban J connectivity index is 2.34. The highest BCUT2D eigenvalue weighted by atomic mass is 19.4. The van der Waals surface area contributed by atoms with Crippen LogP contribution in [0.3, 0.4) is 0 Å². The number of benzene rings is 2. The molecule has 1 N–H and O–H groups in total. The molecule has 2 rings (SSSR count). The van der Waals surface area contributed by atoms with Crippen molar-refractivity contribution >= 4 is 17.4 Å². The number of allylic oxidation sites excluding steroid dienone is 4. The maximum Gasteiger partial charge on any atom is 0.394 e. The van der Waals surface area contributed by atoms with E-state index in [1.54, 1.807) is 18.2 Å². The zero-order valence-electron chi connectivity index (χ0n) is 17.6. The van der Waals surface area contributed by atoms with Crippen molar-refractivity contribution < 1.29 is 15.9 Å². The van der Waals surface area contributed by atoms with Crippen LogP contribution in [0.25, 0.3) is 11.1 Å². The summed E-state index contributed by atoms with van der Waals surface area (Å²) in [6.07, 6.45) is -2.48. The van der Waals surface area contributed by atoms with Crippen LogP contribution in [-0.2, 0) is 6.37 Å². The van der Waals surface area contributed by atoms with E-state index in [2.05, 4.69) is 0 Å². The van der Waals surface area contributed by atoms with Gasteiger partial charge in [0, 0.05) is 8.96 Å². The molecular weight excluding hydrogens is 347 g/mol.